The standard InChI is InChI=1S/C10H16/c1-4-6-7-9-10(3)8-5-2/h4-6,8-9H,7H2,1-3H3/b6-4-,8-5-,10-9-. The molecular weight excluding hydrogens is 120 g/mol. The lowest BCUT2D eigenvalue weighted by Gasteiger charge is -1.87. The molecule has 0 aromatic rings. The van der Waals surface area contributed by atoms with E-state index in [-0.39, 0.29) is 0 Å². The minimum Gasteiger partial charge on any atom is -0.0914 e. The van der Waals surface area contributed by atoms with Gasteiger partial charge in [-0.3, -0.25) is 0 Å². The molecule has 10 heavy (non-hydrogen) atoms. The van der Waals surface area contributed by atoms with Crippen LogP contribution in [0.3, 0.4) is 0 Å². The zero-order chi connectivity index (χ0) is 7.82. The van der Waals surface area contributed by atoms with E-state index in [2.05, 4.69) is 37.3 Å². The number of allylic oxidation sites excluding steroid dienone is 6. The summed E-state index contributed by atoms with van der Waals surface area (Å²) in [6, 6.07) is 0. The first-order valence-corrected chi connectivity index (χ1v) is 3.72. The van der Waals surface area contributed by atoms with Crippen molar-refractivity contribution in [1.29, 1.82) is 0 Å². The molecule has 56 valence electrons. The quantitative estimate of drug-likeness (QED) is 0.411. The molecule has 0 unspecified atom stereocenters. The second kappa shape index (κ2) is 6.34. The van der Waals surface area contributed by atoms with Crippen LogP contribution in [0.2, 0.25) is 0 Å². The van der Waals surface area contributed by atoms with Gasteiger partial charge in [0.2, 0.25) is 0 Å². The summed E-state index contributed by atoms with van der Waals surface area (Å²) >= 11 is 0. The Balaban J connectivity index is 3.68. The van der Waals surface area contributed by atoms with Crippen LogP contribution < -0.4 is 0 Å². The molecule has 0 bridgehead atoms. The van der Waals surface area contributed by atoms with Crippen LogP contribution in [0.15, 0.2) is 36.0 Å². The summed E-state index contributed by atoms with van der Waals surface area (Å²) in [6.45, 7) is 6.19. The van der Waals surface area contributed by atoms with Gasteiger partial charge in [0.15, 0.2) is 0 Å². The van der Waals surface area contributed by atoms with Crippen molar-refractivity contribution < 1.29 is 0 Å². The highest BCUT2D eigenvalue weighted by molar-refractivity contribution is 5.16. The fraction of sp³-hybridized carbons (Fsp3) is 0.400. The van der Waals surface area contributed by atoms with Crippen LogP contribution in [0.1, 0.15) is 27.2 Å². The topological polar surface area (TPSA) is 0 Å². The summed E-state index contributed by atoms with van der Waals surface area (Å²) in [7, 11) is 0. The van der Waals surface area contributed by atoms with E-state index in [1.165, 1.54) is 5.57 Å². The number of rotatable bonds is 3. The van der Waals surface area contributed by atoms with E-state index >= 15 is 0 Å². The van der Waals surface area contributed by atoms with Crippen molar-refractivity contribution >= 4 is 0 Å². The van der Waals surface area contributed by atoms with Gasteiger partial charge in [0.05, 0.1) is 0 Å². The Labute approximate surface area is 64.0 Å². The summed E-state index contributed by atoms with van der Waals surface area (Å²) < 4.78 is 0. The molecule has 0 aliphatic heterocycles. The predicted molar refractivity (Wildman–Crippen MR) is 48.0 cm³/mol. The lowest BCUT2D eigenvalue weighted by Crippen LogP contribution is -1.66. The Kier molecular flexibility index (Phi) is 5.85. The van der Waals surface area contributed by atoms with Gasteiger partial charge in [0.1, 0.15) is 0 Å². The van der Waals surface area contributed by atoms with Gasteiger partial charge < -0.3 is 0 Å². The SMILES string of the molecule is C/C=C\C/C=C(C)\C=C/C. The van der Waals surface area contributed by atoms with Crippen molar-refractivity contribution in [1.82, 2.24) is 0 Å². The van der Waals surface area contributed by atoms with Gasteiger partial charge in [0.25, 0.3) is 0 Å². The molecule has 0 amide bonds. The van der Waals surface area contributed by atoms with Crippen molar-refractivity contribution in [3.05, 3.63) is 36.0 Å². The average molecular weight is 136 g/mol. The van der Waals surface area contributed by atoms with Crippen molar-refractivity contribution in [2.75, 3.05) is 0 Å². The summed E-state index contributed by atoms with van der Waals surface area (Å²) in [5, 5.41) is 0. The second-order valence-electron chi connectivity index (χ2n) is 2.25. The van der Waals surface area contributed by atoms with Crippen LogP contribution in [0.25, 0.3) is 0 Å². The van der Waals surface area contributed by atoms with Crippen LogP contribution in [0.4, 0.5) is 0 Å². The molecule has 0 aromatic heterocycles. The maximum Gasteiger partial charge on any atom is -0.0164 e. The van der Waals surface area contributed by atoms with Crippen molar-refractivity contribution in [3.8, 4) is 0 Å². The van der Waals surface area contributed by atoms with Gasteiger partial charge in [-0.25, -0.2) is 0 Å². The predicted octanol–water partition coefficient (Wildman–Crippen LogP) is 3.48. The Morgan fingerprint density at radius 1 is 1.20 bits per heavy atom. The molecule has 0 nitrogen and oxygen atoms in total. The lowest BCUT2D eigenvalue weighted by molar-refractivity contribution is 1.32. The Bertz CT molecular complexity index is 147. The molecule has 0 rings (SSSR count). The third kappa shape index (κ3) is 5.36. The van der Waals surface area contributed by atoms with E-state index < -0.39 is 0 Å². The monoisotopic (exact) mass is 136 g/mol. The fourth-order valence-corrected chi connectivity index (χ4v) is 0.721. The minimum absolute atomic E-state index is 1.05. The van der Waals surface area contributed by atoms with Crippen LogP contribution in [-0.2, 0) is 0 Å². The second-order valence-corrected chi connectivity index (χ2v) is 2.25. The van der Waals surface area contributed by atoms with E-state index in [0.717, 1.165) is 6.42 Å². The Morgan fingerprint density at radius 3 is 2.40 bits per heavy atom. The first kappa shape index (κ1) is 9.22. The Hall–Kier alpha value is -0.780. The van der Waals surface area contributed by atoms with Crippen molar-refractivity contribution in [2.45, 2.75) is 27.2 Å². The molecular formula is C10H16. The molecule has 0 heterocycles. The highest BCUT2D eigenvalue weighted by Crippen LogP contribution is 1.97. The van der Waals surface area contributed by atoms with E-state index in [0.29, 0.717) is 0 Å². The molecule has 0 N–H and O–H groups in total. The van der Waals surface area contributed by atoms with Gasteiger partial charge in [-0.15, -0.1) is 0 Å². The van der Waals surface area contributed by atoms with E-state index in [1.807, 2.05) is 13.8 Å². The third-order valence-electron chi connectivity index (χ3n) is 1.24. The average Bonchev–Trinajstić information content (AvgIpc) is 1.89. The third-order valence-corrected chi connectivity index (χ3v) is 1.24. The molecule has 0 saturated heterocycles. The molecule has 0 spiro atoms. The van der Waals surface area contributed by atoms with Gasteiger partial charge in [-0.1, -0.05) is 36.0 Å². The van der Waals surface area contributed by atoms with E-state index in [9.17, 15) is 0 Å². The normalized spacial score (nSPS) is 13.7. The molecule has 0 aliphatic rings. The van der Waals surface area contributed by atoms with Gasteiger partial charge in [-0.05, 0) is 27.2 Å². The maximum absolute atomic E-state index is 2.21. The van der Waals surface area contributed by atoms with Crippen LogP contribution in [0, 0.1) is 0 Å². The van der Waals surface area contributed by atoms with E-state index in [4.69, 9.17) is 0 Å². The smallest absolute Gasteiger partial charge is 0.0164 e. The molecule has 0 radical (unpaired) electrons. The fourth-order valence-electron chi connectivity index (χ4n) is 0.721. The van der Waals surface area contributed by atoms with Gasteiger partial charge >= 0.3 is 0 Å². The van der Waals surface area contributed by atoms with Crippen LogP contribution in [0.5, 0.6) is 0 Å². The number of hydrogen-bond acceptors (Lipinski definition) is 0. The zero-order valence-corrected chi connectivity index (χ0v) is 7.09. The van der Waals surface area contributed by atoms with Crippen LogP contribution >= 0.6 is 0 Å². The summed E-state index contributed by atoms with van der Waals surface area (Å²) in [6.07, 6.45) is 11.6. The van der Waals surface area contributed by atoms with Gasteiger partial charge in [-0.2, -0.15) is 0 Å². The van der Waals surface area contributed by atoms with Gasteiger partial charge in [0, 0.05) is 0 Å². The molecule has 0 aliphatic carbocycles. The molecule has 0 aromatic carbocycles. The summed E-state index contributed by atoms with van der Waals surface area (Å²) in [5.74, 6) is 0. The van der Waals surface area contributed by atoms with Crippen LogP contribution in [-0.4, -0.2) is 0 Å². The zero-order valence-electron chi connectivity index (χ0n) is 7.09. The molecule has 0 fully saturated rings. The highest BCUT2D eigenvalue weighted by atomic mass is 13.8. The number of hydrogen-bond donors (Lipinski definition) is 0. The lowest BCUT2D eigenvalue weighted by atomic mass is 10.2. The first-order valence-electron chi connectivity index (χ1n) is 3.72. The van der Waals surface area contributed by atoms with Crippen molar-refractivity contribution in [2.24, 2.45) is 0 Å². The largest absolute Gasteiger partial charge is 0.0914 e. The minimum atomic E-state index is 1.05. The first-order chi connectivity index (χ1) is 4.81. The summed E-state index contributed by atoms with van der Waals surface area (Å²) in [4.78, 5) is 0. The Morgan fingerprint density at radius 2 is 1.90 bits per heavy atom. The summed E-state index contributed by atoms with van der Waals surface area (Å²) in [5.41, 5.74) is 1.33. The molecule has 0 saturated carbocycles. The van der Waals surface area contributed by atoms with Crippen molar-refractivity contribution in [3.63, 3.8) is 0 Å². The maximum atomic E-state index is 2.21. The molecule has 0 atom stereocenters. The molecule has 0 heteroatoms. The van der Waals surface area contributed by atoms with E-state index in [1.54, 1.807) is 0 Å². The highest BCUT2D eigenvalue weighted by Gasteiger charge is 1.76.